The Morgan fingerprint density at radius 2 is 2.28 bits per heavy atom. The summed E-state index contributed by atoms with van der Waals surface area (Å²) in [6, 6.07) is 3.62. The van der Waals surface area contributed by atoms with Gasteiger partial charge in [-0.25, -0.2) is 0 Å². The molecule has 1 aliphatic rings. The minimum atomic E-state index is 0.155. The van der Waals surface area contributed by atoms with Crippen molar-refractivity contribution in [2.24, 2.45) is 0 Å². The van der Waals surface area contributed by atoms with Crippen LogP contribution in [0.1, 0.15) is 24.8 Å². The van der Waals surface area contributed by atoms with E-state index in [4.69, 9.17) is 5.26 Å². The minimum Gasteiger partial charge on any atom is -0.367 e. The fourth-order valence-corrected chi connectivity index (χ4v) is 1.97. The van der Waals surface area contributed by atoms with Gasteiger partial charge in [-0.05, 0) is 18.9 Å². The molecular formula is C12H15N5O. The maximum absolute atomic E-state index is 11.8. The van der Waals surface area contributed by atoms with Gasteiger partial charge in [0.1, 0.15) is 6.07 Å². The summed E-state index contributed by atoms with van der Waals surface area (Å²) in [6.07, 6.45) is 4.09. The molecule has 94 valence electrons. The van der Waals surface area contributed by atoms with Crippen molar-refractivity contribution in [1.82, 2.24) is 15.1 Å². The first-order valence-corrected chi connectivity index (χ1v) is 6.04. The second-order valence-corrected chi connectivity index (χ2v) is 4.17. The average molecular weight is 245 g/mol. The molecule has 1 N–H and O–H groups in total. The van der Waals surface area contributed by atoms with Crippen molar-refractivity contribution < 1.29 is 4.79 Å². The fourth-order valence-electron chi connectivity index (χ4n) is 1.97. The Balaban J connectivity index is 1.81. The Bertz CT molecular complexity index is 462. The highest BCUT2D eigenvalue weighted by molar-refractivity contribution is 5.77. The molecule has 6 nitrogen and oxygen atoms in total. The van der Waals surface area contributed by atoms with E-state index in [2.05, 4.69) is 15.5 Å². The molecule has 1 aromatic rings. The van der Waals surface area contributed by atoms with Crippen LogP contribution in [0.25, 0.3) is 0 Å². The van der Waals surface area contributed by atoms with E-state index >= 15 is 0 Å². The van der Waals surface area contributed by atoms with Crippen LogP contribution in [0, 0.1) is 11.3 Å². The molecule has 0 radical (unpaired) electrons. The molecule has 1 saturated heterocycles. The number of hydrogen-bond donors (Lipinski definition) is 1. The summed E-state index contributed by atoms with van der Waals surface area (Å²) >= 11 is 0. The van der Waals surface area contributed by atoms with Crippen molar-refractivity contribution in [3.05, 3.63) is 17.8 Å². The van der Waals surface area contributed by atoms with Crippen molar-refractivity contribution in [2.45, 2.75) is 19.3 Å². The molecule has 1 amide bonds. The van der Waals surface area contributed by atoms with Gasteiger partial charge in [-0.15, -0.1) is 5.10 Å². The standard InChI is InChI=1S/C12H15N5O/c13-9-10-3-6-15-16-12(10)14-5-4-11(18)17-7-1-2-8-17/h3,6H,1-2,4-5,7-8H2,(H,14,16). The van der Waals surface area contributed by atoms with Gasteiger partial charge in [-0.2, -0.15) is 10.4 Å². The van der Waals surface area contributed by atoms with Gasteiger partial charge in [-0.1, -0.05) is 0 Å². The highest BCUT2D eigenvalue weighted by Crippen LogP contribution is 2.10. The zero-order valence-electron chi connectivity index (χ0n) is 10.1. The van der Waals surface area contributed by atoms with Crippen LogP contribution >= 0.6 is 0 Å². The van der Waals surface area contributed by atoms with Crippen molar-refractivity contribution in [2.75, 3.05) is 25.0 Å². The lowest BCUT2D eigenvalue weighted by Gasteiger charge is -2.15. The molecule has 1 aromatic heterocycles. The van der Waals surface area contributed by atoms with Crippen LogP contribution in [0.4, 0.5) is 5.82 Å². The predicted molar refractivity (Wildman–Crippen MR) is 65.7 cm³/mol. The Hall–Kier alpha value is -2.16. The Morgan fingerprint density at radius 1 is 1.50 bits per heavy atom. The molecular weight excluding hydrogens is 230 g/mol. The lowest BCUT2D eigenvalue weighted by atomic mass is 10.3. The lowest BCUT2D eigenvalue weighted by Crippen LogP contribution is -2.29. The quantitative estimate of drug-likeness (QED) is 0.847. The van der Waals surface area contributed by atoms with E-state index in [1.54, 1.807) is 6.07 Å². The monoisotopic (exact) mass is 245 g/mol. The molecule has 18 heavy (non-hydrogen) atoms. The number of amides is 1. The number of carbonyl (C=O) groups excluding carboxylic acids is 1. The summed E-state index contributed by atoms with van der Waals surface area (Å²) in [5.41, 5.74) is 0.443. The number of carbonyl (C=O) groups is 1. The van der Waals surface area contributed by atoms with Crippen molar-refractivity contribution in [3.8, 4) is 6.07 Å². The zero-order chi connectivity index (χ0) is 12.8. The van der Waals surface area contributed by atoms with Gasteiger partial charge >= 0.3 is 0 Å². The van der Waals surface area contributed by atoms with Crippen LogP contribution in [0.3, 0.4) is 0 Å². The highest BCUT2D eigenvalue weighted by Gasteiger charge is 2.17. The van der Waals surface area contributed by atoms with Crippen molar-refractivity contribution in [3.63, 3.8) is 0 Å². The zero-order valence-corrected chi connectivity index (χ0v) is 10.1. The molecule has 0 aliphatic carbocycles. The van der Waals surface area contributed by atoms with Crippen LogP contribution in [-0.4, -0.2) is 40.6 Å². The molecule has 2 heterocycles. The van der Waals surface area contributed by atoms with E-state index < -0.39 is 0 Å². The SMILES string of the molecule is N#Cc1ccnnc1NCCC(=O)N1CCCC1. The van der Waals surface area contributed by atoms with E-state index in [-0.39, 0.29) is 5.91 Å². The minimum absolute atomic E-state index is 0.155. The summed E-state index contributed by atoms with van der Waals surface area (Å²) in [6.45, 7) is 2.21. The largest absolute Gasteiger partial charge is 0.367 e. The molecule has 2 rings (SSSR count). The third-order valence-corrected chi connectivity index (χ3v) is 2.93. The Morgan fingerprint density at radius 3 is 3.00 bits per heavy atom. The summed E-state index contributed by atoms with van der Waals surface area (Å²) in [7, 11) is 0. The van der Waals surface area contributed by atoms with Gasteiger partial charge in [0.2, 0.25) is 5.91 Å². The van der Waals surface area contributed by atoms with Crippen LogP contribution in [0.15, 0.2) is 12.3 Å². The van der Waals surface area contributed by atoms with Gasteiger partial charge in [-0.3, -0.25) is 4.79 Å². The molecule has 1 aliphatic heterocycles. The van der Waals surface area contributed by atoms with Crippen LogP contribution < -0.4 is 5.32 Å². The molecule has 0 unspecified atom stereocenters. The van der Waals surface area contributed by atoms with Crippen LogP contribution in [-0.2, 0) is 4.79 Å². The topological polar surface area (TPSA) is 81.9 Å². The lowest BCUT2D eigenvalue weighted by molar-refractivity contribution is -0.129. The van der Waals surface area contributed by atoms with Gasteiger partial charge in [0.05, 0.1) is 11.8 Å². The number of likely N-dealkylation sites (tertiary alicyclic amines) is 1. The maximum atomic E-state index is 11.8. The maximum Gasteiger partial charge on any atom is 0.224 e. The predicted octanol–water partition coefficient (Wildman–Crippen LogP) is 0.773. The number of nitrogens with one attached hydrogen (secondary N) is 1. The van der Waals surface area contributed by atoms with E-state index in [9.17, 15) is 4.79 Å². The van der Waals surface area contributed by atoms with E-state index in [1.165, 1.54) is 6.20 Å². The van der Waals surface area contributed by atoms with Gasteiger partial charge in [0.15, 0.2) is 5.82 Å². The van der Waals surface area contributed by atoms with Crippen LogP contribution in [0.2, 0.25) is 0 Å². The number of nitrogens with zero attached hydrogens (tertiary/aromatic N) is 4. The smallest absolute Gasteiger partial charge is 0.224 e. The molecule has 0 atom stereocenters. The van der Waals surface area contributed by atoms with Gasteiger partial charge < -0.3 is 10.2 Å². The first-order chi connectivity index (χ1) is 8.81. The van der Waals surface area contributed by atoms with Gasteiger partial charge in [0, 0.05) is 26.1 Å². The molecule has 6 heteroatoms. The third-order valence-electron chi connectivity index (χ3n) is 2.93. The third kappa shape index (κ3) is 2.94. The molecule has 0 saturated carbocycles. The fraction of sp³-hybridized carbons (Fsp3) is 0.500. The first kappa shape index (κ1) is 12.3. The van der Waals surface area contributed by atoms with E-state index in [0.29, 0.717) is 24.3 Å². The number of rotatable bonds is 4. The molecule has 0 aromatic carbocycles. The highest BCUT2D eigenvalue weighted by atomic mass is 16.2. The molecule has 0 bridgehead atoms. The van der Waals surface area contributed by atoms with E-state index in [1.807, 2.05) is 11.0 Å². The van der Waals surface area contributed by atoms with Crippen LogP contribution in [0.5, 0.6) is 0 Å². The van der Waals surface area contributed by atoms with Crippen molar-refractivity contribution in [1.29, 1.82) is 5.26 Å². The number of nitriles is 1. The van der Waals surface area contributed by atoms with Crippen molar-refractivity contribution >= 4 is 11.7 Å². The summed E-state index contributed by atoms with van der Waals surface area (Å²) in [4.78, 5) is 13.7. The second kappa shape index (κ2) is 5.96. The molecule has 0 spiro atoms. The number of aromatic nitrogens is 2. The second-order valence-electron chi connectivity index (χ2n) is 4.17. The number of anilines is 1. The first-order valence-electron chi connectivity index (χ1n) is 6.04. The summed E-state index contributed by atoms with van der Waals surface area (Å²) in [5, 5.41) is 19.4. The Kier molecular flexibility index (Phi) is 4.07. The normalized spacial score (nSPS) is 14.3. The van der Waals surface area contributed by atoms with Gasteiger partial charge in [0.25, 0.3) is 0 Å². The summed E-state index contributed by atoms with van der Waals surface area (Å²) < 4.78 is 0. The number of hydrogen-bond acceptors (Lipinski definition) is 5. The molecule has 1 fully saturated rings. The average Bonchev–Trinajstić information content (AvgIpc) is 2.93. The Labute approximate surface area is 106 Å². The summed E-state index contributed by atoms with van der Waals surface area (Å²) in [5.74, 6) is 0.594. The van der Waals surface area contributed by atoms with E-state index in [0.717, 1.165) is 25.9 Å².